The van der Waals surface area contributed by atoms with E-state index in [1.165, 1.54) is 29.5 Å². The summed E-state index contributed by atoms with van der Waals surface area (Å²) in [4.78, 5) is 4.85. The number of benzene rings is 4. The number of aryl methyl sites for hydroxylation is 1. The standard InChI is InChI=1S/C28H27ClN2/c1-2-3-10-20-11-4-5-12-21(20)19-22-13-6-9-16-27(22)31-28(30)25-17-18-26(29)24-15-8-7-14-23(24)25/h4-9,11-18H,2-3,10,19H2,1H3,(H2,30,31). The Labute approximate surface area is 189 Å². The highest BCUT2D eigenvalue weighted by atomic mass is 35.5. The number of fused-ring (bicyclic) bond motifs is 1. The van der Waals surface area contributed by atoms with Gasteiger partial charge in [-0.05, 0) is 59.5 Å². The van der Waals surface area contributed by atoms with Gasteiger partial charge in [0.05, 0.1) is 5.69 Å². The number of amidine groups is 1. The minimum atomic E-state index is 0.500. The van der Waals surface area contributed by atoms with Crippen LogP contribution in [0.3, 0.4) is 0 Å². The number of halogens is 1. The SMILES string of the molecule is CCCCc1ccccc1Cc1ccccc1N=C(N)c1ccc(Cl)c2ccccc12. The lowest BCUT2D eigenvalue weighted by atomic mass is 9.96. The van der Waals surface area contributed by atoms with E-state index in [0.29, 0.717) is 5.84 Å². The first-order valence-corrected chi connectivity index (χ1v) is 11.2. The Hall–Kier alpha value is -3.10. The molecular weight excluding hydrogens is 400 g/mol. The molecule has 0 amide bonds. The smallest absolute Gasteiger partial charge is 0.131 e. The summed E-state index contributed by atoms with van der Waals surface area (Å²) in [5, 5.41) is 2.72. The third-order valence-electron chi connectivity index (χ3n) is 5.68. The molecule has 31 heavy (non-hydrogen) atoms. The Morgan fingerprint density at radius 3 is 2.19 bits per heavy atom. The van der Waals surface area contributed by atoms with Crippen molar-refractivity contribution in [2.24, 2.45) is 10.7 Å². The number of hydrogen-bond acceptors (Lipinski definition) is 1. The summed E-state index contributed by atoms with van der Waals surface area (Å²) >= 11 is 6.38. The zero-order valence-electron chi connectivity index (χ0n) is 17.8. The fourth-order valence-electron chi connectivity index (χ4n) is 3.99. The van der Waals surface area contributed by atoms with Crippen LogP contribution in [0.4, 0.5) is 5.69 Å². The number of nitrogens with zero attached hydrogens (tertiary/aromatic N) is 1. The molecule has 0 radical (unpaired) electrons. The van der Waals surface area contributed by atoms with Crippen molar-refractivity contribution in [3.8, 4) is 0 Å². The van der Waals surface area contributed by atoms with Gasteiger partial charge in [-0.1, -0.05) is 91.7 Å². The molecule has 4 aromatic carbocycles. The Bertz CT molecular complexity index is 1230. The molecule has 0 fully saturated rings. The highest BCUT2D eigenvalue weighted by molar-refractivity contribution is 6.36. The Balaban J connectivity index is 1.71. The van der Waals surface area contributed by atoms with E-state index in [2.05, 4.69) is 43.3 Å². The molecule has 156 valence electrons. The summed E-state index contributed by atoms with van der Waals surface area (Å²) in [6, 6.07) is 28.8. The van der Waals surface area contributed by atoms with Crippen LogP contribution in [0.25, 0.3) is 10.8 Å². The van der Waals surface area contributed by atoms with E-state index in [1.807, 2.05) is 48.5 Å². The zero-order valence-corrected chi connectivity index (χ0v) is 18.6. The maximum absolute atomic E-state index is 6.51. The summed E-state index contributed by atoms with van der Waals surface area (Å²) in [5.41, 5.74) is 12.3. The predicted molar refractivity (Wildman–Crippen MR) is 134 cm³/mol. The lowest BCUT2D eigenvalue weighted by molar-refractivity contribution is 0.788. The first kappa shape index (κ1) is 21.1. The van der Waals surface area contributed by atoms with Crippen molar-refractivity contribution in [1.29, 1.82) is 0 Å². The molecule has 2 nitrogen and oxygen atoms in total. The highest BCUT2D eigenvalue weighted by Crippen LogP contribution is 2.28. The summed E-state index contributed by atoms with van der Waals surface area (Å²) in [5.74, 6) is 0.500. The molecule has 0 bridgehead atoms. The van der Waals surface area contributed by atoms with Crippen molar-refractivity contribution in [3.05, 3.63) is 112 Å². The second-order valence-corrected chi connectivity index (χ2v) is 8.22. The first-order chi connectivity index (χ1) is 15.2. The van der Waals surface area contributed by atoms with Crippen molar-refractivity contribution >= 4 is 33.9 Å². The molecule has 4 aromatic rings. The topological polar surface area (TPSA) is 38.4 Å². The van der Waals surface area contributed by atoms with Crippen molar-refractivity contribution in [2.75, 3.05) is 0 Å². The van der Waals surface area contributed by atoms with Gasteiger partial charge in [0.1, 0.15) is 5.84 Å². The molecule has 0 heterocycles. The third-order valence-corrected chi connectivity index (χ3v) is 6.01. The summed E-state index contributed by atoms with van der Waals surface area (Å²) < 4.78 is 0. The van der Waals surface area contributed by atoms with Crippen molar-refractivity contribution in [3.63, 3.8) is 0 Å². The van der Waals surface area contributed by atoms with Gasteiger partial charge in [0.15, 0.2) is 0 Å². The van der Waals surface area contributed by atoms with Crippen LogP contribution >= 0.6 is 11.6 Å². The van der Waals surface area contributed by atoms with E-state index in [0.717, 1.165) is 39.9 Å². The summed E-state index contributed by atoms with van der Waals surface area (Å²) in [6.07, 6.45) is 4.35. The number of hydrogen-bond donors (Lipinski definition) is 1. The zero-order chi connectivity index (χ0) is 21.6. The molecule has 2 N–H and O–H groups in total. The van der Waals surface area contributed by atoms with Crippen LogP contribution in [-0.4, -0.2) is 5.84 Å². The van der Waals surface area contributed by atoms with Crippen LogP contribution in [0, 0.1) is 0 Å². The quantitative estimate of drug-likeness (QED) is 0.241. The number of para-hydroxylation sites is 1. The van der Waals surface area contributed by atoms with Gasteiger partial charge in [0.2, 0.25) is 0 Å². The fourth-order valence-corrected chi connectivity index (χ4v) is 4.22. The molecule has 0 saturated heterocycles. The Morgan fingerprint density at radius 1 is 0.774 bits per heavy atom. The van der Waals surface area contributed by atoms with Gasteiger partial charge in [0, 0.05) is 16.0 Å². The monoisotopic (exact) mass is 426 g/mol. The number of aliphatic imine (C=N–C) groups is 1. The van der Waals surface area contributed by atoms with Gasteiger partial charge >= 0.3 is 0 Å². The minimum Gasteiger partial charge on any atom is -0.383 e. The number of rotatable bonds is 7. The maximum atomic E-state index is 6.51. The Kier molecular flexibility index (Phi) is 6.69. The largest absolute Gasteiger partial charge is 0.383 e. The molecule has 0 spiro atoms. The minimum absolute atomic E-state index is 0.500. The van der Waals surface area contributed by atoms with Crippen LogP contribution in [0.2, 0.25) is 5.02 Å². The van der Waals surface area contributed by atoms with Gasteiger partial charge in [-0.2, -0.15) is 0 Å². The highest BCUT2D eigenvalue weighted by Gasteiger charge is 2.10. The fraction of sp³-hybridized carbons (Fsp3) is 0.179. The number of unbranched alkanes of at least 4 members (excludes halogenated alkanes) is 1. The molecular formula is C28H27ClN2. The van der Waals surface area contributed by atoms with Crippen LogP contribution in [0.5, 0.6) is 0 Å². The predicted octanol–water partition coefficient (Wildman–Crippen LogP) is 7.46. The van der Waals surface area contributed by atoms with Crippen molar-refractivity contribution < 1.29 is 0 Å². The van der Waals surface area contributed by atoms with Crippen LogP contribution < -0.4 is 5.73 Å². The van der Waals surface area contributed by atoms with E-state index in [9.17, 15) is 0 Å². The molecule has 3 heteroatoms. The molecule has 0 aliphatic rings. The van der Waals surface area contributed by atoms with E-state index >= 15 is 0 Å². The lowest BCUT2D eigenvalue weighted by Gasteiger charge is -2.12. The van der Waals surface area contributed by atoms with E-state index in [-0.39, 0.29) is 0 Å². The molecule has 0 unspecified atom stereocenters. The van der Waals surface area contributed by atoms with Gasteiger partial charge in [-0.15, -0.1) is 0 Å². The first-order valence-electron chi connectivity index (χ1n) is 10.8. The van der Waals surface area contributed by atoms with E-state index < -0.39 is 0 Å². The molecule has 0 aromatic heterocycles. The van der Waals surface area contributed by atoms with Crippen LogP contribution in [-0.2, 0) is 12.8 Å². The molecule has 4 rings (SSSR count). The second-order valence-electron chi connectivity index (χ2n) is 7.82. The molecule has 0 atom stereocenters. The van der Waals surface area contributed by atoms with Crippen molar-refractivity contribution in [2.45, 2.75) is 32.6 Å². The molecule has 0 aliphatic carbocycles. The second kappa shape index (κ2) is 9.80. The average molecular weight is 427 g/mol. The summed E-state index contributed by atoms with van der Waals surface area (Å²) in [6.45, 7) is 2.23. The Morgan fingerprint density at radius 2 is 1.42 bits per heavy atom. The van der Waals surface area contributed by atoms with Crippen LogP contribution in [0.1, 0.15) is 42.0 Å². The van der Waals surface area contributed by atoms with E-state index in [4.69, 9.17) is 22.3 Å². The summed E-state index contributed by atoms with van der Waals surface area (Å²) in [7, 11) is 0. The number of nitrogens with two attached hydrogens (primary N) is 1. The maximum Gasteiger partial charge on any atom is 0.131 e. The lowest BCUT2D eigenvalue weighted by Crippen LogP contribution is -2.13. The van der Waals surface area contributed by atoms with Gasteiger partial charge in [0.25, 0.3) is 0 Å². The van der Waals surface area contributed by atoms with Gasteiger partial charge < -0.3 is 5.73 Å². The van der Waals surface area contributed by atoms with Crippen molar-refractivity contribution in [1.82, 2.24) is 0 Å². The van der Waals surface area contributed by atoms with Gasteiger partial charge in [-0.3, -0.25) is 0 Å². The third kappa shape index (κ3) is 4.81. The normalized spacial score (nSPS) is 11.7. The molecule has 0 aliphatic heterocycles. The van der Waals surface area contributed by atoms with Crippen LogP contribution in [0.15, 0.2) is 89.9 Å². The molecule has 0 saturated carbocycles. The van der Waals surface area contributed by atoms with E-state index in [1.54, 1.807) is 0 Å². The average Bonchev–Trinajstić information content (AvgIpc) is 2.80. The van der Waals surface area contributed by atoms with Gasteiger partial charge in [-0.25, -0.2) is 4.99 Å².